The van der Waals surface area contributed by atoms with Crippen molar-refractivity contribution in [2.24, 2.45) is 10.7 Å². The lowest BCUT2D eigenvalue weighted by atomic mass is 9.93. The first-order chi connectivity index (χ1) is 8.56. The molecule has 2 rings (SSSR count). The Labute approximate surface area is 105 Å². The molecular formula is C11H16N6O. The molecule has 1 aliphatic carbocycles. The molecule has 1 fully saturated rings. The van der Waals surface area contributed by atoms with Gasteiger partial charge in [0.2, 0.25) is 0 Å². The number of amides is 1. The molecule has 1 amide bonds. The summed E-state index contributed by atoms with van der Waals surface area (Å²) in [6.07, 6.45) is 3.31. The lowest BCUT2D eigenvalue weighted by Gasteiger charge is -2.27. The molecule has 18 heavy (non-hydrogen) atoms. The van der Waals surface area contributed by atoms with E-state index in [1.165, 1.54) is 6.42 Å². The zero-order valence-electron chi connectivity index (χ0n) is 10.5. The first-order valence-corrected chi connectivity index (χ1v) is 5.89. The summed E-state index contributed by atoms with van der Waals surface area (Å²) in [4.78, 5) is 19.5. The molecule has 0 aliphatic heterocycles. The molecule has 0 radical (unpaired) electrons. The van der Waals surface area contributed by atoms with Gasteiger partial charge < -0.3 is 11.1 Å². The molecule has 1 aliphatic rings. The fourth-order valence-electron chi connectivity index (χ4n) is 1.58. The first kappa shape index (κ1) is 12.4. The smallest absolute Gasteiger partial charge is 0.273 e. The molecule has 0 atom stereocenters. The van der Waals surface area contributed by atoms with Crippen LogP contribution in [0.1, 0.15) is 43.6 Å². The first-order valence-electron chi connectivity index (χ1n) is 5.89. The molecule has 0 aromatic carbocycles. The van der Waals surface area contributed by atoms with E-state index >= 15 is 0 Å². The van der Waals surface area contributed by atoms with E-state index in [9.17, 15) is 4.79 Å². The summed E-state index contributed by atoms with van der Waals surface area (Å²) in [5, 5.41) is 10.7. The summed E-state index contributed by atoms with van der Waals surface area (Å²) >= 11 is 0. The predicted octanol–water partition coefficient (Wildman–Crippen LogP) is 1.05. The second-order valence-corrected chi connectivity index (χ2v) is 4.50. The minimum atomic E-state index is -0.638. The summed E-state index contributed by atoms with van der Waals surface area (Å²) in [7, 11) is 0. The number of nitrogens with zero attached hydrogens (tertiary/aromatic N) is 4. The third-order valence-corrected chi connectivity index (χ3v) is 2.68. The van der Waals surface area contributed by atoms with E-state index in [4.69, 9.17) is 5.73 Å². The number of nitrogens with one attached hydrogen (secondary N) is 1. The number of primary amides is 1. The lowest BCUT2D eigenvalue weighted by Crippen LogP contribution is -2.29. The Hall–Kier alpha value is -2.05. The SMILES string of the molecule is CC(C)=Nc1nnc(C(N)=O)c(NC2CCC2)n1. The van der Waals surface area contributed by atoms with Crippen LogP contribution < -0.4 is 11.1 Å². The van der Waals surface area contributed by atoms with Crippen LogP contribution in [0.5, 0.6) is 0 Å². The van der Waals surface area contributed by atoms with Crippen LogP contribution in [0.2, 0.25) is 0 Å². The zero-order valence-corrected chi connectivity index (χ0v) is 10.5. The van der Waals surface area contributed by atoms with Crippen LogP contribution in [0.15, 0.2) is 4.99 Å². The number of aliphatic imine (C=N–C) groups is 1. The van der Waals surface area contributed by atoms with Crippen molar-refractivity contribution in [3.8, 4) is 0 Å². The second kappa shape index (κ2) is 5.07. The molecule has 0 unspecified atom stereocenters. The number of carbonyl (C=O) groups excluding carboxylic acids is 1. The highest BCUT2D eigenvalue weighted by molar-refractivity contribution is 5.95. The van der Waals surface area contributed by atoms with Gasteiger partial charge in [-0.15, -0.1) is 10.2 Å². The molecule has 0 bridgehead atoms. The zero-order chi connectivity index (χ0) is 13.1. The van der Waals surface area contributed by atoms with Crippen molar-refractivity contribution in [3.05, 3.63) is 5.69 Å². The van der Waals surface area contributed by atoms with Crippen LogP contribution in [0.25, 0.3) is 0 Å². The van der Waals surface area contributed by atoms with Gasteiger partial charge in [-0.3, -0.25) is 4.79 Å². The van der Waals surface area contributed by atoms with Crippen molar-refractivity contribution >= 4 is 23.4 Å². The van der Waals surface area contributed by atoms with Crippen molar-refractivity contribution in [2.45, 2.75) is 39.2 Å². The predicted molar refractivity (Wildman–Crippen MR) is 68.0 cm³/mol. The van der Waals surface area contributed by atoms with Crippen LogP contribution >= 0.6 is 0 Å². The molecule has 1 saturated carbocycles. The van der Waals surface area contributed by atoms with E-state index in [0.717, 1.165) is 18.6 Å². The quantitative estimate of drug-likeness (QED) is 0.774. The topological polar surface area (TPSA) is 106 Å². The molecule has 0 saturated heterocycles. The van der Waals surface area contributed by atoms with E-state index in [-0.39, 0.29) is 11.6 Å². The molecule has 1 heterocycles. The number of rotatable bonds is 4. The van der Waals surface area contributed by atoms with Gasteiger partial charge in [0.05, 0.1) is 0 Å². The minimum absolute atomic E-state index is 0.0645. The fraction of sp³-hybridized carbons (Fsp3) is 0.545. The molecule has 7 heteroatoms. The van der Waals surface area contributed by atoms with Crippen LogP contribution in [0, 0.1) is 0 Å². The Morgan fingerprint density at radius 1 is 1.39 bits per heavy atom. The average molecular weight is 248 g/mol. The number of carbonyl (C=O) groups is 1. The Kier molecular flexibility index (Phi) is 3.50. The van der Waals surface area contributed by atoms with E-state index in [2.05, 4.69) is 25.5 Å². The molecule has 7 nitrogen and oxygen atoms in total. The number of nitrogens with two attached hydrogens (primary N) is 1. The standard InChI is InChI=1S/C11H16N6O/c1-6(2)13-11-15-10(14-7-4-3-5-7)8(9(12)18)16-17-11/h7H,3-5H2,1-2H3,(H2,12,18)(H,14,15,17). The lowest BCUT2D eigenvalue weighted by molar-refractivity contribution is 0.0995. The third kappa shape index (κ3) is 2.79. The fourth-order valence-corrected chi connectivity index (χ4v) is 1.58. The number of anilines is 1. The number of aromatic nitrogens is 3. The van der Waals surface area contributed by atoms with Gasteiger partial charge in [0, 0.05) is 11.8 Å². The van der Waals surface area contributed by atoms with Gasteiger partial charge in [0.1, 0.15) is 0 Å². The maximum Gasteiger partial charge on any atom is 0.273 e. The molecule has 0 spiro atoms. The van der Waals surface area contributed by atoms with Crippen molar-refractivity contribution in [3.63, 3.8) is 0 Å². The van der Waals surface area contributed by atoms with Crippen LogP contribution in [-0.2, 0) is 0 Å². The highest BCUT2D eigenvalue weighted by Gasteiger charge is 2.21. The molecular weight excluding hydrogens is 232 g/mol. The minimum Gasteiger partial charge on any atom is -0.365 e. The molecule has 3 N–H and O–H groups in total. The van der Waals surface area contributed by atoms with Crippen molar-refractivity contribution in [2.75, 3.05) is 5.32 Å². The van der Waals surface area contributed by atoms with Crippen molar-refractivity contribution in [1.29, 1.82) is 0 Å². The number of hydrogen-bond donors (Lipinski definition) is 2. The van der Waals surface area contributed by atoms with E-state index in [0.29, 0.717) is 11.9 Å². The second-order valence-electron chi connectivity index (χ2n) is 4.50. The Balaban J connectivity index is 2.30. The van der Waals surface area contributed by atoms with Crippen LogP contribution in [0.4, 0.5) is 11.8 Å². The third-order valence-electron chi connectivity index (χ3n) is 2.68. The Morgan fingerprint density at radius 2 is 2.11 bits per heavy atom. The Morgan fingerprint density at radius 3 is 2.61 bits per heavy atom. The Bertz CT molecular complexity index is 490. The normalized spacial score (nSPS) is 14.8. The van der Waals surface area contributed by atoms with Gasteiger partial charge in [0.25, 0.3) is 11.9 Å². The maximum atomic E-state index is 11.2. The van der Waals surface area contributed by atoms with Crippen molar-refractivity contribution in [1.82, 2.24) is 15.2 Å². The summed E-state index contributed by atoms with van der Waals surface area (Å²) in [6.45, 7) is 3.68. The maximum absolute atomic E-state index is 11.2. The summed E-state index contributed by atoms with van der Waals surface area (Å²) in [6, 6.07) is 0.333. The molecule has 1 aromatic rings. The summed E-state index contributed by atoms with van der Waals surface area (Å²) in [5.41, 5.74) is 6.13. The van der Waals surface area contributed by atoms with E-state index in [1.807, 2.05) is 13.8 Å². The van der Waals surface area contributed by atoms with Crippen LogP contribution in [0.3, 0.4) is 0 Å². The van der Waals surface area contributed by atoms with Crippen LogP contribution in [-0.4, -0.2) is 32.8 Å². The highest BCUT2D eigenvalue weighted by Crippen LogP contribution is 2.24. The van der Waals surface area contributed by atoms with Gasteiger partial charge in [0.15, 0.2) is 11.5 Å². The molecule has 1 aromatic heterocycles. The van der Waals surface area contributed by atoms with Gasteiger partial charge in [-0.1, -0.05) is 0 Å². The monoisotopic (exact) mass is 248 g/mol. The van der Waals surface area contributed by atoms with Gasteiger partial charge in [-0.25, -0.2) is 4.99 Å². The average Bonchev–Trinajstić information content (AvgIpc) is 2.22. The summed E-state index contributed by atoms with van der Waals surface area (Å²) in [5.74, 6) is -0.0235. The largest absolute Gasteiger partial charge is 0.365 e. The van der Waals surface area contributed by atoms with Gasteiger partial charge in [-0.05, 0) is 33.1 Å². The molecule has 96 valence electrons. The number of hydrogen-bond acceptors (Lipinski definition) is 6. The van der Waals surface area contributed by atoms with Gasteiger partial charge >= 0.3 is 0 Å². The van der Waals surface area contributed by atoms with Gasteiger partial charge in [-0.2, -0.15) is 4.98 Å². The summed E-state index contributed by atoms with van der Waals surface area (Å²) < 4.78 is 0. The van der Waals surface area contributed by atoms with E-state index in [1.54, 1.807) is 0 Å². The van der Waals surface area contributed by atoms with Crippen molar-refractivity contribution < 1.29 is 4.79 Å². The van der Waals surface area contributed by atoms with E-state index < -0.39 is 5.91 Å². The highest BCUT2D eigenvalue weighted by atomic mass is 16.1.